The van der Waals surface area contributed by atoms with Crippen LogP contribution in [0.3, 0.4) is 0 Å². The minimum atomic E-state index is -4.45. The van der Waals surface area contributed by atoms with Crippen molar-refractivity contribution in [3.05, 3.63) is 65.7 Å². The SMILES string of the molecule is CCN(Cc1ccccc1)C(=O)C(=O)Nc1ccc(C(F)(F)F)cc1. The summed E-state index contributed by atoms with van der Waals surface area (Å²) in [6.07, 6.45) is -4.45. The number of hydrogen-bond donors (Lipinski definition) is 1. The molecule has 0 fully saturated rings. The highest BCUT2D eigenvalue weighted by molar-refractivity contribution is 6.39. The van der Waals surface area contributed by atoms with Gasteiger partial charge >= 0.3 is 18.0 Å². The lowest BCUT2D eigenvalue weighted by atomic mass is 10.2. The highest BCUT2D eigenvalue weighted by Crippen LogP contribution is 2.29. The summed E-state index contributed by atoms with van der Waals surface area (Å²) in [6.45, 7) is 2.34. The topological polar surface area (TPSA) is 49.4 Å². The fourth-order valence-corrected chi connectivity index (χ4v) is 2.20. The molecule has 0 aliphatic carbocycles. The van der Waals surface area contributed by atoms with E-state index >= 15 is 0 Å². The molecule has 0 saturated carbocycles. The van der Waals surface area contributed by atoms with Gasteiger partial charge in [-0.25, -0.2) is 0 Å². The van der Waals surface area contributed by atoms with Crippen LogP contribution in [0, 0.1) is 0 Å². The Morgan fingerprint density at radius 3 is 2.12 bits per heavy atom. The van der Waals surface area contributed by atoms with E-state index in [1.165, 1.54) is 4.90 Å². The summed E-state index contributed by atoms with van der Waals surface area (Å²) in [5, 5.41) is 2.32. The molecule has 1 N–H and O–H groups in total. The van der Waals surface area contributed by atoms with Gasteiger partial charge in [-0.2, -0.15) is 13.2 Å². The molecule has 0 heterocycles. The van der Waals surface area contributed by atoms with Crippen molar-refractivity contribution >= 4 is 17.5 Å². The van der Waals surface area contributed by atoms with Crippen LogP contribution in [-0.4, -0.2) is 23.3 Å². The summed E-state index contributed by atoms with van der Waals surface area (Å²) in [7, 11) is 0. The van der Waals surface area contributed by atoms with Gasteiger partial charge in [0.2, 0.25) is 0 Å². The maximum Gasteiger partial charge on any atom is 0.416 e. The van der Waals surface area contributed by atoms with E-state index in [0.29, 0.717) is 6.54 Å². The Hall–Kier alpha value is -2.83. The van der Waals surface area contributed by atoms with E-state index in [0.717, 1.165) is 29.8 Å². The summed E-state index contributed by atoms with van der Waals surface area (Å²) >= 11 is 0. The van der Waals surface area contributed by atoms with Crippen molar-refractivity contribution in [3.8, 4) is 0 Å². The normalized spacial score (nSPS) is 11.0. The highest BCUT2D eigenvalue weighted by atomic mass is 19.4. The Labute approximate surface area is 143 Å². The summed E-state index contributed by atoms with van der Waals surface area (Å²) in [5.41, 5.74) is 0.179. The number of halogens is 3. The van der Waals surface area contributed by atoms with E-state index in [2.05, 4.69) is 5.32 Å². The van der Waals surface area contributed by atoms with E-state index in [1.54, 1.807) is 6.92 Å². The monoisotopic (exact) mass is 350 g/mol. The molecule has 0 spiro atoms. The number of alkyl halides is 3. The minimum absolute atomic E-state index is 0.127. The van der Waals surface area contributed by atoms with Crippen LogP contribution in [0.4, 0.5) is 18.9 Å². The summed E-state index contributed by atoms with van der Waals surface area (Å²) in [6, 6.07) is 13.1. The number of carbonyl (C=O) groups excluding carboxylic acids is 2. The highest BCUT2D eigenvalue weighted by Gasteiger charge is 2.30. The molecule has 0 aromatic heterocycles. The standard InChI is InChI=1S/C18H17F3N2O2/c1-2-23(12-13-6-4-3-5-7-13)17(25)16(24)22-15-10-8-14(9-11-15)18(19,20)21/h3-11H,2,12H2,1H3,(H,22,24). The van der Waals surface area contributed by atoms with Crippen LogP contribution < -0.4 is 5.32 Å². The van der Waals surface area contributed by atoms with Gasteiger partial charge in [0.25, 0.3) is 0 Å². The number of hydrogen-bond acceptors (Lipinski definition) is 2. The molecule has 0 unspecified atom stereocenters. The van der Waals surface area contributed by atoms with Crippen LogP contribution in [0.5, 0.6) is 0 Å². The first-order chi connectivity index (χ1) is 11.8. The van der Waals surface area contributed by atoms with Gasteiger partial charge in [-0.05, 0) is 36.8 Å². The van der Waals surface area contributed by atoms with Crippen LogP contribution in [0.1, 0.15) is 18.1 Å². The third kappa shape index (κ3) is 5.07. The molecule has 7 heteroatoms. The van der Waals surface area contributed by atoms with Crippen LogP contribution in [-0.2, 0) is 22.3 Å². The molecule has 2 aromatic rings. The van der Waals surface area contributed by atoms with Crippen molar-refractivity contribution in [3.63, 3.8) is 0 Å². The van der Waals surface area contributed by atoms with E-state index in [9.17, 15) is 22.8 Å². The molecular formula is C18H17F3N2O2. The fourth-order valence-electron chi connectivity index (χ4n) is 2.20. The van der Waals surface area contributed by atoms with Gasteiger partial charge in [0.15, 0.2) is 0 Å². The number of rotatable bonds is 4. The van der Waals surface area contributed by atoms with Gasteiger partial charge in [0.1, 0.15) is 0 Å². The number of nitrogens with one attached hydrogen (secondary N) is 1. The van der Waals surface area contributed by atoms with Crippen LogP contribution >= 0.6 is 0 Å². The van der Waals surface area contributed by atoms with Gasteiger partial charge in [-0.3, -0.25) is 9.59 Å². The van der Waals surface area contributed by atoms with Gasteiger partial charge in [-0.1, -0.05) is 30.3 Å². The van der Waals surface area contributed by atoms with Crippen molar-refractivity contribution in [1.82, 2.24) is 4.90 Å². The first-order valence-electron chi connectivity index (χ1n) is 7.62. The Morgan fingerprint density at radius 2 is 1.60 bits per heavy atom. The number of anilines is 1. The van der Waals surface area contributed by atoms with E-state index < -0.39 is 23.6 Å². The largest absolute Gasteiger partial charge is 0.416 e. The molecule has 0 saturated heterocycles. The lowest BCUT2D eigenvalue weighted by Gasteiger charge is -2.20. The average molecular weight is 350 g/mol. The molecule has 132 valence electrons. The number of carbonyl (C=O) groups is 2. The van der Waals surface area contributed by atoms with E-state index in [1.807, 2.05) is 30.3 Å². The number of benzene rings is 2. The molecule has 0 aliphatic heterocycles. The van der Waals surface area contributed by atoms with Crippen molar-refractivity contribution < 1.29 is 22.8 Å². The molecule has 2 rings (SSSR count). The van der Waals surface area contributed by atoms with Gasteiger partial charge in [0, 0.05) is 18.8 Å². The second kappa shape index (κ2) is 7.83. The Morgan fingerprint density at radius 1 is 1.00 bits per heavy atom. The Bertz CT molecular complexity index is 728. The molecule has 0 bridgehead atoms. The first kappa shape index (κ1) is 18.5. The zero-order valence-electron chi connectivity index (χ0n) is 13.5. The van der Waals surface area contributed by atoms with E-state index in [4.69, 9.17) is 0 Å². The second-order valence-corrected chi connectivity index (χ2v) is 5.33. The molecule has 0 aliphatic rings. The molecule has 2 amide bonds. The molecule has 0 radical (unpaired) electrons. The average Bonchev–Trinajstić information content (AvgIpc) is 2.59. The zero-order chi connectivity index (χ0) is 18.4. The van der Waals surface area contributed by atoms with Gasteiger partial charge < -0.3 is 10.2 Å². The van der Waals surface area contributed by atoms with Gasteiger partial charge in [0.05, 0.1) is 5.56 Å². The van der Waals surface area contributed by atoms with Crippen molar-refractivity contribution in [2.24, 2.45) is 0 Å². The lowest BCUT2D eigenvalue weighted by Crippen LogP contribution is -2.39. The number of nitrogens with zero attached hydrogens (tertiary/aromatic N) is 1. The molecule has 0 atom stereocenters. The van der Waals surface area contributed by atoms with Crippen molar-refractivity contribution in [2.45, 2.75) is 19.6 Å². The molecule has 2 aromatic carbocycles. The molecule has 25 heavy (non-hydrogen) atoms. The maximum absolute atomic E-state index is 12.5. The number of likely N-dealkylation sites (N-methyl/N-ethyl adjacent to an activating group) is 1. The van der Waals surface area contributed by atoms with Gasteiger partial charge in [-0.15, -0.1) is 0 Å². The summed E-state index contributed by atoms with van der Waals surface area (Å²) < 4.78 is 37.6. The predicted molar refractivity (Wildman–Crippen MR) is 87.6 cm³/mol. The Kier molecular flexibility index (Phi) is 5.80. The first-order valence-corrected chi connectivity index (χ1v) is 7.62. The smallest absolute Gasteiger partial charge is 0.330 e. The maximum atomic E-state index is 12.5. The summed E-state index contributed by atoms with van der Waals surface area (Å²) in [5.74, 6) is -1.64. The zero-order valence-corrected chi connectivity index (χ0v) is 13.5. The molecular weight excluding hydrogens is 333 g/mol. The third-order valence-electron chi connectivity index (χ3n) is 3.55. The molecule has 4 nitrogen and oxygen atoms in total. The van der Waals surface area contributed by atoms with Crippen LogP contribution in [0.25, 0.3) is 0 Å². The predicted octanol–water partition coefficient (Wildman–Crippen LogP) is 3.69. The van der Waals surface area contributed by atoms with Crippen LogP contribution in [0.15, 0.2) is 54.6 Å². The summed E-state index contributed by atoms with van der Waals surface area (Å²) in [4.78, 5) is 25.7. The third-order valence-corrected chi connectivity index (χ3v) is 3.55. The van der Waals surface area contributed by atoms with Crippen LogP contribution in [0.2, 0.25) is 0 Å². The number of amides is 2. The second-order valence-electron chi connectivity index (χ2n) is 5.33. The van der Waals surface area contributed by atoms with Crippen molar-refractivity contribution in [2.75, 3.05) is 11.9 Å². The quantitative estimate of drug-likeness (QED) is 0.855. The fraction of sp³-hybridized carbons (Fsp3) is 0.222. The Balaban J connectivity index is 2.02. The van der Waals surface area contributed by atoms with Crippen molar-refractivity contribution in [1.29, 1.82) is 0 Å². The minimum Gasteiger partial charge on any atom is -0.330 e. The van der Waals surface area contributed by atoms with E-state index in [-0.39, 0.29) is 12.2 Å². The lowest BCUT2D eigenvalue weighted by molar-refractivity contribution is -0.143.